The number of carboxylic acids is 1. The van der Waals surface area contributed by atoms with Gasteiger partial charge in [0, 0.05) is 0 Å². The molecule has 22 heavy (non-hydrogen) atoms. The van der Waals surface area contributed by atoms with Gasteiger partial charge in [0.05, 0.1) is 17.4 Å². The summed E-state index contributed by atoms with van der Waals surface area (Å²) in [5.74, 6) is -2.74. The van der Waals surface area contributed by atoms with Crippen molar-refractivity contribution in [3.05, 3.63) is 17.0 Å². The van der Waals surface area contributed by atoms with Crippen molar-refractivity contribution in [2.45, 2.75) is 25.7 Å². The van der Waals surface area contributed by atoms with Gasteiger partial charge in [0.15, 0.2) is 0 Å². The second-order valence-electron chi connectivity index (χ2n) is 6.08. The summed E-state index contributed by atoms with van der Waals surface area (Å²) in [6.07, 6.45) is 3.58. The first-order valence-electron chi connectivity index (χ1n) is 7.40. The van der Waals surface area contributed by atoms with Gasteiger partial charge < -0.3 is 16.2 Å². The van der Waals surface area contributed by atoms with E-state index in [1.165, 1.54) is 11.3 Å². The molecule has 1 aromatic heterocycles. The zero-order valence-corrected chi connectivity index (χ0v) is 12.8. The Balaban J connectivity index is 1.82. The Kier molecular flexibility index (Phi) is 3.90. The number of thiophene rings is 1. The first-order valence-corrected chi connectivity index (χ1v) is 8.28. The molecule has 3 aliphatic rings. The lowest BCUT2D eigenvalue weighted by molar-refractivity contribution is -0.156. The number of hydrogen-bond acceptors (Lipinski definition) is 4. The SMILES string of the molecule is NC(=O)c1ccsc1NC(=O)[C@@H]1C2CCC(CC2)[C@@H]1C(=O)O. The van der Waals surface area contributed by atoms with E-state index in [4.69, 9.17) is 5.73 Å². The van der Waals surface area contributed by atoms with Gasteiger partial charge in [0.25, 0.3) is 5.91 Å². The van der Waals surface area contributed by atoms with Crippen molar-refractivity contribution < 1.29 is 19.5 Å². The Hall–Kier alpha value is -1.89. The van der Waals surface area contributed by atoms with Crippen LogP contribution >= 0.6 is 11.3 Å². The van der Waals surface area contributed by atoms with Crippen molar-refractivity contribution in [3.8, 4) is 0 Å². The molecule has 6 nitrogen and oxygen atoms in total. The van der Waals surface area contributed by atoms with Crippen LogP contribution in [0.4, 0.5) is 5.00 Å². The summed E-state index contributed by atoms with van der Waals surface area (Å²) in [7, 11) is 0. The maximum absolute atomic E-state index is 12.6. The number of fused-ring (bicyclic) bond motifs is 3. The van der Waals surface area contributed by atoms with Gasteiger partial charge in [0.2, 0.25) is 5.91 Å². The summed E-state index contributed by atoms with van der Waals surface area (Å²) in [5, 5.41) is 14.3. The lowest BCUT2D eigenvalue weighted by atomic mass is 9.58. The van der Waals surface area contributed by atoms with E-state index in [1.54, 1.807) is 11.4 Å². The predicted molar refractivity (Wildman–Crippen MR) is 81.5 cm³/mol. The van der Waals surface area contributed by atoms with Crippen LogP contribution in [0.25, 0.3) is 0 Å². The molecule has 4 N–H and O–H groups in total. The van der Waals surface area contributed by atoms with Crippen molar-refractivity contribution in [2.24, 2.45) is 29.4 Å². The maximum atomic E-state index is 12.6. The van der Waals surface area contributed by atoms with Crippen LogP contribution in [0.15, 0.2) is 11.4 Å². The zero-order valence-electron chi connectivity index (χ0n) is 12.0. The van der Waals surface area contributed by atoms with Gasteiger partial charge in [-0.15, -0.1) is 11.3 Å². The average Bonchev–Trinajstić information content (AvgIpc) is 2.95. The van der Waals surface area contributed by atoms with Crippen molar-refractivity contribution in [1.82, 2.24) is 0 Å². The summed E-state index contributed by atoms with van der Waals surface area (Å²) >= 11 is 1.22. The first kappa shape index (κ1) is 15.0. The molecule has 4 rings (SSSR count). The quantitative estimate of drug-likeness (QED) is 0.786. The van der Waals surface area contributed by atoms with Gasteiger partial charge in [-0.3, -0.25) is 14.4 Å². The van der Waals surface area contributed by atoms with E-state index in [0.29, 0.717) is 5.00 Å². The molecule has 0 aliphatic heterocycles. The van der Waals surface area contributed by atoms with Crippen LogP contribution in [0, 0.1) is 23.7 Å². The molecule has 3 fully saturated rings. The molecule has 2 bridgehead atoms. The van der Waals surface area contributed by atoms with E-state index < -0.39 is 23.7 Å². The molecule has 7 heteroatoms. The van der Waals surface area contributed by atoms with Gasteiger partial charge >= 0.3 is 5.97 Å². The Labute approximate surface area is 131 Å². The second-order valence-corrected chi connectivity index (χ2v) is 7.00. The van der Waals surface area contributed by atoms with Crippen LogP contribution in [0.3, 0.4) is 0 Å². The number of nitrogens with two attached hydrogens (primary N) is 1. The minimum atomic E-state index is -0.893. The number of hydrogen-bond donors (Lipinski definition) is 3. The highest BCUT2D eigenvalue weighted by Gasteiger charge is 2.50. The average molecular weight is 322 g/mol. The molecule has 1 heterocycles. The fraction of sp³-hybridized carbons (Fsp3) is 0.533. The fourth-order valence-corrected chi connectivity index (χ4v) is 4.77. The van der Waals surface area contributed by atoms with Crippen molar-refractivity contribution in [1.29, 1.82) is 0 Å². The van der Waals surface area contributed by atoms with E-state index in [-0.39, 0.29) is 23.3 Å². The minimum Gasteiger partial charge on any atom is -0.481 e. The van der Waals surface area contributed by atoms with Gasteiger partial charge in [0.1, 0.15) is 5.00 Å². The minimum absolute atomic E-state index is 0.0807. The lowest BCUT2D eigenvalue weighted by Crippen LogP contribution is -2.49. The van der Waals surface area contributed by atoms with E-state index in [9.17, 15) is 19.5 Å². The molecule has 0 saturated heterocycles. The molecule has 0 unspecified atom stereocenters. The number of anilines is 1. The Morgan fingerprint density at radius 1 is 1.14 bits per heavy atom. The molecule has 0 spiro atoms. The zero-order chi connectivity index (χ0) is 15.9. The molecule has 3 saturated carbocycles. The molecule has 2 atom stereocenters. The Bertz CT molecular complexity index is 619. The molecular formula is C15H18N2O4S. The van der Waals surface area contributed by atoms with E-state index in [1.807, 2.05) is 0 Å². The third kappa shape index (κ3) is 2.49. The summed E-state index contributed by atoms with van der Waals surface area (Å²) in [5.41, 5.74) is 5.54. The number of rotatable bonds is 4. The second kappa shape index (κ2) is 5.72. The molecular weight excluding hydrogens is 304 g/mol. The van der Waals surface area contributed by atoms with Gasteiger partial charge in [-0.1, -0.05) is 0 Å². The van der Waals surface area contributed by atoms with Crippen LogP contribution in [-0.2, 0) is 9.59 Å². The van der Waals surface area contributed by atoms with Crippen LogP contribution in [0.5, 0.6) is 0 Å². The summed E-state index contributed by atoms with van der Waals surface area (Å²) in [6.45, 7) is 0. The fourth-order valence-electron chi connectivity index (χ4n) is 3.98. The molecule has 1 aromatic rings. The lowest BCUT2D eigenvalue weighted by Gasteiger charge is -2.45. The number of primary amides is 1. The number of carbonyl (C=O) groups is 3. The third-order valence-corrected chi connectivity index (χ3v) is 5.80. The van der Waals surface area contributed by atoms with Crippen LogP contribution in [0.1, 0.15) is 36.0 Å². The monoisotopic (exact) mass is 322 g/mol. The van der Waals surface area contributed by atoms with Crippen molar-refractivity contribution in [3.63, 3.8) is 0 Å². The summed E-state index contributed by atoms with van der Waals surface area (Å²) < 4.78 is 0. The normalized spacial score (nSPS) is 30.0. The topological polar surface area (TPSA) is 109 Å². The highest BCUT2D eigenvalue weighted by atomic mass is 32.1. The standard InChI is InChI=1S/C15H18N2O4S/c16-12(18)9-5-6-22-14(9)17-13(19)10-7-1-3-8(4-2-7)11(10)15(20)21/h5-8,10-11H,1-4H2,(H2,16,18)(H,17,19)(H,20,21)/t7?,8?,10-,11+/m1/s1. The Morgan fingerprint density at radius 2 is 1.73 bits per heavy atom. The number of aliphatic carboxylic acids is 1. The van der Waals surface area contributed by atoms with Crippen molar-refractivity contribution in [2.75, 3.05) is 5.32 Å². The van der Waals surface area contributed by atoms with E-state index in [0.717, 1.165) is 25.7 Å². The molecule has 0 aromatic carbocycles. The third-order valence-electron chi connectivity index (χ3n) is 4.97. The van der Waals surface area contributed by atoms with Crippen LogP contribution < -0.4 is 11.1 Å². The smallest absolute Gasteiger partial charge is 0.307 e. The highest BCUT2D eigenvalue weighted by molar-refractivity contribution is 7.14. The highest BCUT2D eigenvalue weighted by Crippen LogP contribution is 2.49. The maximum Gasteiger partial charge on any atom is 0.307 e. The van der Waals surface area contributed by atoms with Crippen LogP contribution in [-0.4, -0.2) is 22.9 Å². The van der Waals surface area contributed by atoms with Gasteiger partial charge in [-0.2, -0.15) is 0 Å². The summed E-state index contributed by atoms with van der Waals surface area (Å²) in [6, 6.07) is 1.56. The van der Waals surface area contributed by atoms with E-state index in [2.05, 4.69) is 5.32 Å². The van der Waals surface area contributed by atoms with Gasteiger partial charge in [-0.05, 0) is 49.0 Å². The molecule has 118 valence electrons. The van der Waals surface area contributed by atoms with Crippen molar-refractivity contribution >= 4 is 34.1 Å². The first-order chi connectivity index (χ1) is 10.5. The number of carboxylic acid groups (broad SMARTS) is 1. The molecule has 0 radical (unpaired) electrons. The molecule has 3 aliphatic carbocycles. The van der Waals surface area contributed by atoms with Crippen LogP contribution in [0.2, 0.25) is 0 Å². The van der Waals surface area contributed by atoms with Gasteiger partial charge in [-0.25, -0.2) is 0 Å². The largest absolute Gasteiger partial charge is 0.481 e. The number of nitrogens with one attached hydrogen (secondary N) is 1. The Morgan fingerprint density at radius 3 is 2.27 bits per heavy atom. The number of amides is 2. The van der Waals surface area contributed by atoms with E-state index >= 15 is 0 Å². The number of carbonyl (C=O) groups excluding carboxylic acids is 2. The summed E-state index contributed by atoms with van der Waals surface area (Å²) in [4.78, 5) is 35.5. The predicted octanol–water partition coefficient (Wildman–Crippen LogP) is 1.92. The molecule has 2 amide bonds.